The normalized spacial score (nSPS) is 15.3. The fourth-order valence-corrected chi connectivity index (χ4v) is 3.22. The molecule has 0 aliphatic heterocycles. The Bertz CT molecular complexity index is 568. The molecule has 0 saturated heterocycles. The van der Waals surface area contributed by atoms with Crippen molar-refractivity contribution in [2.24, 2.45) is 5.92 Å². The molecule has 2 rings (SSSR count). The summed E-state index contributed by atoms with van der Waals surface area (Å²) in [7, 11) is 0. The Kier molecular flexibility index (Phi) is 6.46. The van der Waals surface area contributed by atoms with Gasteiger partial charge in [0.1, 0.15) is 0 Å². The lowest BCUT2D eigenvalue weighted by Gasteiger charge is -2.28. The minimum Gasteiger partial charge on any atom is -0.333 e. The molecule has 23 heavy (non-hydrogen) atoms. The SMILES string of the molecule is CCN(CC(=O)Nc1cc(Cl)ccc1C)C(=O)C1CCCCC1. The first kappa shape index (κ1) is 17.8. The Morgan fingerprint density at radius 2 is 1.96 bits per heavy atom. The molecule has 0 radical (unpaired) electrons. The van der Waals surface area contributed by atoms with E-state index in [1.54, 1.807) is 17.0 Å². The topological polar surface area (TPSA) is 49.4 Å². The summed E-state index contributed by atoms with van der Waals surface area (Å²) in [5.74, 6) is 0.0240. The number of halogens is 1. The Labute approximate surface area is 143 Å². The van der Waals surface area contributed by atoms with E-state index in [0.29, 0.717) is 17.3 Å². The fraction of sp³-hybridized carbons (Fsp3) is 0.556. The predicted octanol–water partition coefficient (Wildman–Crippen LogP) is 4.02. The smallest absolute Gasteiger partial charge is 0.244 e. The molecule has 0 bridgehead atoms. The molecule has 1 fully saturated rings. The zero-order chi connectivity index (χ0) is 16.8. The molecule has 1 aromatic carbocycles. The first-order valence-electron chi connectivity index (χ1n) is 8.36. The lowest BCUT2D eigenvalue weighted by atomic mass is 9.88. The quantitative estimate of drug-likeness (QED) is 0.883. The standard InChI is InChI=1S/C18H25ClN2O2/c1-3-21(18(23)14-7-5-4-6-8-14)12-17(22)20-16-11-15(19)10-9-13(16)2/h9-11,14H,3-8,12H2,1-2H3,(H,20,22). The molecular weight excluding hydrogens is 312 g/mol. The summed E-state index contributed by atoms with van der Waals surface area (Å²) in [4.78, 5) is 26.5. The minimum atomic E-state index is -0.179. The molecule has 0 atom stereocenters. The van der Waals surface area contributed by atoms with Crippen molar-refractivity contribution in [1.29, 1.82) is 0 Å². The van der Waals surface area contributed by atoms with E-state index in [0.717, 1.165) is 31.2 Å². The van der Waals surface area contributed by atoms with Gasteiger partial charge in [-0.25, -0.2) is 0 Å². The van der Waals surface area contributed by atoms with Gasteiger partial charge < -0.3 is 10.2 Å². The van der Waals surface area contributed by atoms with E-state index in [1.807, 2.05) is 19.9 Å². The van der Waals surface area contributed by atoms with Crippen LogP contribution in [0, 0.1) is 12.8 Å². The number of carbonyl (C=O) groups excluding carboxylic acids is 2. The molecule has 0 aromatic heterocycles. The van der Waals surface area contributed by atoms with E-state index in [9.17, 15) is 9.59 Å². The molecule has 1 aliphatic carbocycles. The van der Waals surface area contributed by atoms with Crippen molar-refractivity contribution in [3.63, 3.8) is 0 Å². The van der Waals surface area contributed by atoms with Crippen LogP contribution in [0.3, 0.4) is 0 Å². The average molecular weight is 337 g/mol. The van der Waals surface area contributed by atoms with Crippen molar-refractivity contribution in [3.8, 4) is 0 Å². The highest BCUT2D eigenvalue weighted by molar-refractivity contribution is 6.31. The molecule has 4 nitrogen and oxygen atoms in total. The van der Waals surface area contributed by atoms with E-state index in [4.69, 9.17) is 11.6 Å². The second-order valence-electron chi connectivity index (χ2n) is 6.19. The van der Waals surface area contributed by atoms with Crippen LogP contribution in [-0.4, -0.2) is 29.8 Å². The number of likely N-dealkylation sites (N-methyl/N-ethyl adjacent to an activating group) is 1. The number of amides is 2. The Morgan fingerprint density at radius 1 is 1.26 bits per heavy atom. The van der Waals surface area contributed by atoms with Crippen LogP contribution in [-0.2, 0) is 9.59 Å². The lowest BCUT2D eigenvalue weighted by Crippen LogP contribution is -2.41. The van der Waals surface area contributed by atoms with Crippen molar-refractivity contribution >= 4 is 29.1 Å². The van der Waals surface area contributed by atoms with Gasteiger partial charge in [-0.1, -0.05) is 36.9 Å². The molecule has 0 spiro atoms. The molecule has 0 unspecified atom stereocenters. The minimum absolute atomic E-state index is 0.0874. The highest BCUT2D eigenvalue weighted by Crippen LogP contribution is 2.25. The molecule has 1 aliphatic rings. The number of hydrogen-bond acceptors (Lipinski definition) is 2. The van der Waals surface area contributed by atoms with Crippen LogP contribution < -0.4 is 5.32 Å². The monoisotopic (exact) mass is 336 g/mol. The number of aryl methyl sites for hydroxylation is 1. The second-order valence-corrected chi connectivity index (χ2v) is 6.63. The van der Waals surface area contributed by atoms with E-state index in [-0.39, 0.29) is 24.3 Å². The fourth-order valence-electron chi connectivity index (χ4n) is 3.05. The molecule has 0 heterocycles. The predicted molar refractivity (Wildman–Crippen MR) is 93.6 cm³/mol. The summed E-state index contributed by atoms with van der Waals surface area (Å²) < 4.78 is 0. The molecule has 1 saturated carbocycles. The molecule has 1 aromatic rings. The van der Waals surface area contributed by atoms with Gasteiger partial charge >= 0.3 is 0 Å². The highest BCUT2D eigenvalue weighted by Gasteiger charge is 2.26. The molecule has 1 N–H and O–H groups in total. The van der Waals surface area contributed by atoms with Gasteiger partial charge in [0, 0.05) is 23.2 Å². The molecular formula is C18H25ClN2O2. The van der Waals surface area contributed by atoms with Gasteiger partial charge in [0.25, 0.3) is 0 Å². The van der Waals surface area contributed by atoms with E-state index in [1.165, 1.54) is 6.42 Å². The Morgan fingerprint density at radius 3 is 2.61 bits per heavy atom. The number of anilines is 1. The number of nitrogens with zero attached hydrogens (tertiary/aromatic N) is 1. The van der Waals surface area contributed by atoms with E-state index < -0.39 is 0 Å². The Hall–Kier alpha value is -1.55. The summed E-state index contributed by atoms with van der Waals surface area (Å²) >= 11 is 5.97. The van der Waals surface area contributed by atoms with Crippen LogP contribution in [0.15, 0.2) is 18.2 Å². The number of nitrogens with one attached hydrogen (secondary N) is 1. The average Bonchev–Trinajstić information content (AvgIpc) is 2.56. The highest BCUT2D eigenvalue weighted by atomic mass is 35.5. The van der Waals surface area contributed by atoms with Gasteiger partial charge in [-0.3, -0.25) is 9.59 Å². The van der Waals surface area contributed by atoms with Gasteiger partial charge in [0.2, 0.25) is 11.8 Å². The zero-order valence-corrected chi connectivity index (χ0v) is 14.7. The molecule has 126 valence electrons. The Balaban J connectivity index is 1.96. The molecule has 5 heteroatoms. The van der Waals surface area contributed by atoms with Crippen molar-refractivity contribution in [2.45, 2.75) is 46.0 Å². The van der Waals surface area contributed by atoms with Gasteiger partial charge in [-0.15, -0.1) is 0 Å². The largest absolute Gasteiger partial charge is 0.333 e. The van der Waals surface area contributed by atoms with Gasteiger partial charge in [0.15, 0.2) is 0 Å². The number of hydrogen-bond donors (Lipinski definition) is 1. The molecule has 2 amide bonds. The first-order chi connectivity index (χ1) is 11.0. The van der Waals surface area contributed by atoms with Gasteiger partial charge in [-0.05, 0) is 44.4 Å². The second kappa shape index (κ2) is 8.34. The van der Waals surface area contributed by atoms with E-state index in [2.05, 4.69) is 5.32 Å². The first-order valence-corrected chi connectivity index (χ1v) is 8.74. The van der Waals surface area contributed by atoms with Crippen molar-refractivity contribution in [1.82, 2.24) is 4.90 Å². The van der Waals surface area contributed by atoms with Crippen molar-refractivity contribution < 1.29 is 9.59 Å². The van der Waals surface area contributed by atoms with Crippen LogP contribution in [0.25, 0.3) is 0 Å². The van der Waals surface area contributed by atoms with Crippen LogP contribution >= 0.6 is 11.6 Å². The van der Waals surface area contributed by atoms with E-state index >= 15 is 0 Å². The summed E-state index contributed by atoms with van der Waals surface area (Å²) in [5, 5.41) is 3.44. The number of carbonyl (C=O) groups is 2. The van der Waals surface area contributed by atoms with Gasteiger partial charge in [0.05, 0.1) is 6.54 Å². The number of rotatable bonds is 5. The lowest BCUT2D eigenvalue weighted by molar-refractivity contribution is -0.139. The maximum atomic E-state index is 12.6. The summed E-state index contributed by atoms with van der Waals surface area (Å²) in [6.45, 7) is 4.48. The maximum absolute atomic E-state index is 12.6. The number of benzene rings is 1. The zero-order valence-electron chi connectivity index (χ0n) is 13.9. The summed E-state index contributed by atoms with van der Waals surface area (Å²) in [6, 6.07) is 5.38. The maximum Gasteiger partial charge on any atom is 0.244 e. The third kappa shape index (κ3) is 4.96. The van der Waals surface area contributed by atoms with Crippen LogP contribution in [0.5, 0.6) is 0 Å². The third-order valence-electron chi connectivity index (χ3n) is 4.46. The van der Waals surface area contributed by atoms with Crippen molar-refractivity contribution in [3.05, 3.63) is 28.8 Å². The van der Waals surface area contributed by atoms with Crippen LogP contribution in [0.1, 0.15) is 44.6 Å². The summed E-state index contributed by atoms with van der Waals surface area (Å²) in [6.07, 6.45) is 5.34. The summed E-state index contributed by atoms with van der Waals surface area (Å²) in [5.41, 5.74) is 1.65. The van der Waals surface area contributed by atoms with Crippen molar-refractivity contribution in [2.75, 3.05) is 18.4 Å². The van der Waals surface area contributed by atoms with Gasteiger partial charge in [-0.2, -0.15) is 0 Å². The third-order valence-corrected chi connectivity index (χ3v) is 4.69. The van der Waals surface area contributed by atoms with Crippen LogP contribution in [0.4, 0.5) is 5.69 Å². The van der Waals surface area contributed by atoms with Crippen LogP contribution in [0.2, 0.25) is 5.02 Å².